The van der Waals surface area contributed by atoms with Crippen LogP contribution in [0.25, 0.3) is 4.85 Å². The van der Waals surface area contributed by atoms with Crippen molar-refractivity contribution in [2.45, 2.75) is 29.2 Å². The summed E-state index contributed by atoms with van der Waals surface area (Å²) in [5, 5.41) is 11.2. The van der Waals surface area contributed by atoms with Gasteiger partial charge in [0.25, 0.3) is 5.91 Å². The highest BCUT2D eigenvalue weighted by atomic mass is 32.2. The van der Waals surface area contributed by atoms with Crippen molar-refractivity contribution < 1.29 is 35.9 Å². The van der Waals surface area contributed by atoms with Crippen LogP contribution < -0.4 is 10.1 Å². The van der Waals surface area contributed by atoms with E-state index in [1.807, 2.05) is 0 Å². The van der Waals surface area contributed by atoms with Crippen LogP contribution in [0.3, 0.4) is 0 Å². The Bertz CT molecular complexity index is 1070. The van der Waals surface area contributed by atoms with E-state index in [9.17, 15) is 31.1 Å². The van der Waals surface area contributed by atoms with Crippen molar-refractivity contribution in [1.82, 2.24) is 5.32 Å². The molecule has 2 rings (SSSR count). The maximum absolute atomic E-state index is 13.2. The maximum atomic E-state index is 13.2. The highest BCUT2D eigenvalue weighted by molar-refractivity contribution is 8.00. The average Bonchev–Trinajstić information content (AvgIpc) is 2.70. The van der Waals surface area contributed by atoms with Gasteiger partial charge in [0.05, 0.1) is 17.2 Å². The number of amides is 1. The van der Waals surface area contributed by atoms with Crippen LogP contribution in [0.2, 0.25) is 0 Å². The fourth-order valence-electron chi connectivity index (χ4n) is 2.38. The van der Waals surface area contributed by atoms with E-state index < -0.39 is 41.2 Å². The lowest BCUT2D eigenvalue weighted by atomic mass is 10.1. The number of nitrogens with one attached hydrogen (secondary N) is 1. The van der Waals surface area contributed by atoms with E-state index in [1.165, 1.54) is 6.92 Å². The van der Waals surface area contributed by atoms with Gasteiger partial charge in [-0.1, -0.05) is 0 Å². The fraction of sp³-hybridized carbons (Fsp3) is 0.250. The first kappa shape index (κ1) is 24.9. The quantitative estimate of drug-likeness (QED) is 0.335. The zero-order valence-corrected chi connectivity index (χ0v) is 17.0. The molecule has 0 fully saturated rings. The molecular formula is C20H13F6N3O2S. The largest absolute Gasteiger partial charge is 0.482 e. The van der Waals surface area contributed by atoms with Gasteiger partial charge >= 0.3 is 17.3 Å². The van der Waals surface area contributed by atoms with Gasteiger partial charge in [-0.3, -0.25) is 15.0 Å². The van der Waals surface area contributed by atoms with Crippen molar-refractivity contribution in [2.24, 2.45) is 0 Å². The van der Waals surface area contributed by atoms with Crippen molar-refractivity contribution in [3.63, 3.8) is 0 Å². The van der Waals surface area contributed by atoms with Crippen LogP contribution >= 0.6 is 11.8 Å². The molecule has 1 amide bonds. The van der Waals surface area contributed by atoms with E-state index in [2.05, 4.69) is 10.2 Å². The number of alkyl halides is 6. The molecule has 0 aliphatic rings. The highest BCUT2D eigenvalue weighted by Crippen LogP contribution is 2.38. The molecular weight excluding hydrogens is 460 g/mol. The smallest absolute Gasteiger partial charge is 0.446 e. The number of carbonyl (C=O) groups is 1. The van der Waals surface area contributed by atoms with Crippen molar-refractivity contribution >= 4 is 17.7 Å². The first-order valence-electron chi connectivity index (χ1n) is 8.57. The second kappa shape index (κ2) is 9.40. The Morgan fingerprint density at radius 2 is 1.78 bits per heavy atom. The molecule has 0 heterocycles. The second-order valence-electron chi connectivity index (χ2n) is 6.52. The summed E-state index contributed by atoms with van der Waals surface area (Å²) < 4.78 is 81.9. The van der Waals surface area contributed by atoms with E-state index in [0.29, 0.717) is 6.07 Å². The Kier molecular flexibility index (Phi) is 7.31. The number of hydrogen-bond donors (Lipinski definition) is 1. The minimum atomic E-state index is -4.78. The number of nitrogens with zero attached hydrogens (tertiary/aromatic N) is 2. The number of thioether (sulfide) groups is 1. The van der Waals surface area contributed by atoms with Gasteiger partial charge < -0.3 is 4.74 Å². The minimum Gasteiger partial charge on any atom is -0.482 e. The molecule has 0 saturated heterocycles. The van der Waals surface area contributed by atoms with Crippen LogP contribution in [-0.4, -0.2) is 23.7 Å². The Balaban J connectivity index is 2.16. The van der Waals surface area contributed by atoms with Gasteiger partial charge in [0.1, 0.15) is 5.75 Å². The van der Waals surface area contributed by atoms with Crippen LogP contribution in [0.5, 0.6) is 5.75 Å². The second-order valence-corrected chi connectivity index (χ2v) is 7.66. The van der Waals surface area contributed by atoms with E-state index in [4.69, 9.17) is 16.6 Å². The summed E-state index contributed by atoms with van der Waals surface area (Å²) in [7, 11) is 0. The van der Waals surface area contributed by atoms with Gasteiger partial charge in [-0.15, -0.1) is 0 Å². The third kappa shape index (κ3) is 6.82. The molecule has 0 radical (unpaired) electrons. The molecule has 0 aromatic heterocycles. The van der Waals surface area contributed by atoms with Gasteiger partial charge in [-0.25, -0.2) is 6.57 Å². The van der Waals surface area contributed by atoms with Crippen LogP contribution in [0.1, 0.15) is 28.4 Å². The summed E-state index contributed by atoms with van der Waals surface area (Å²) in [6, 6.07) is 8.56. The predicted molar refractivity (Wildman–Crippen MR) is 102 cm³/mol. The van der Waals surface area contributed by atoms with Crippen LogP contribution in [0, 0.1) is 17.9 Å². The van der Waals surface area contributed by atoms with E-state index >= 15 is 0 Å². The highest BCUT2D eigenvalue weighted by Gasteiger charge is 2.38. The summed E-state index contributed by atoms with van der Waals surface area (Å²) in [4.78, 5) is 15.4. The molecule has 168 valence electrons. The van der Waals surface area contributed by atoms with E-state index in [1.54, 1.807) is 6.07 Å². The van der Waals surface area contributed by atoms with Crippen LogP contribution in [-0.2, 0) is 6.18 Å². The Morgan fingerprint density at radius 1 is 1.16 bits per heavy atom. The lowest BCUT2D eigenvalue weighted by Crippen LogP contribution is -2.47. The number of halogens is 6. The van der Waals surface area contributed by atoms with Crippen molar-refractivity contribution in [2.75, 3.05) is 6.61 Å². The number of benzene rings is 2. The summed E-state index contributed by atoms with van der Waals surface area (Å²) in [6.07, 6.45) is -4.78. The fourth-order valence-corrected chi connectivity index (χ4v) is 2.92. The minimum absolute atomic E-state index is 0.0612. The molecule has 0 aliphatic carbocycles. The van der Waals surface area contributed by atoms with E-state index in [-0.39, 0.29) is 27.8 Å². The SMILES string of the molecule is [C-]#[N+][C@@](C)(COc1cc(C#N)ccc1C(F)(F)F)NC(=O)c1ccc(SC(F)(F)F)cc1. The maximum Gasteiger partial charge on any atom is 0.446 e. The molecule has 0 spiro atoms. The standard InChI is InChI=1S/C20H13F6N3O2S/c1-18(28-2,11-31-16-9-12(10-27)3-8-15(16)19(21,22)23)29-17(30)13-4-6-14(7-5-13)32-20(24,25)26/h3-9H,11H2,1H3,(H,29,30)/t18-/m1/s1. The Labute approximate surface area is 182 Å². The van der Waals surface area contributed by atoms with Gasteiger partial charge in [-0.2, -0.15) is 31.6 Å². The summed E-state index contributed by atoms with van der Waals surface area (Å²) in [5.41, 5.74) is -7.62. The molecule has 0 unspecified atom stereocenters. The number of rotatable bonds is 6. The number of nitriles is 1. The van der Waals surface area contributed by atoms with Gasteiger partial charge in [0.2, 0.25) is 0 Å². The molecule has 32 heavy (non-hydrogen) atoms. The van der Waals surface area contributed by atoms with Gasteiger partial charge in [0, 0.05) is 17.4 Å². The third-order valence-corrected chi connectivity index (χ3v) is 4.64. The molecule has 1 atom stereocenters. The molecule has 0 aliphatic heterocycles. The summed E-state index contributed by atoms with van der Waals surface area (Å²) >= 11 is -0.364. The van der Waals surface area contributed by atoms with Crippen molar-refractivity contribution in [1.29, 1.82) is 5.26 Å². The number of hydrogen-bond acceptors (Lipinski definition) is 4. The molecule has 0 bridgehead atoms. The first-order chi connectivity index (χ1) is 14.8. The zero-order chi connectivity index (χ0) is 24.2. The monoisotopic (exact) mass is 473 g/mol. The lowest BCUT2D eigenvalue weighted by molar-refractivity contribution is -0.139. The third-order valence-electron chi connectivity index (χ3n) is 3.90. The van der Waals surface area contributed by atoms with Gasteiger partial charge in [-0.05, 0) is 54.2 Å². The molecule has 2 aromatic rings. The van der Waals surface area contributed by atoms with Crippen LogP contribution in [0.4, 0.5) is 26.3 Å². The molecule has 2 aromatic carbocycles. The molecule has 0 saturated carbocycles. The predicted octanol–water partition coefficient (Wildman–Crippen LogP) is 5.63. The molecule has 12 heteroatoms. The number of ether oxygens (including phenoxy) is 1. The van der Waals surface area contributed by atoms with Crippen LogP contribution in [0.15, 0.2) is 47.4 Å². The molecule has 1 N–H and O–H groups in total. The average molecular weight is 473 g/mol. The summed E-state index contributed by atoms with van der Waals surface area (Å²) in [5.74, 6) is -1.52. The normalized spacial score (nSPS) is 13.4. The summed E-state index contributed by atoms with van der Waals surface area (Å²) in [6.45, 7) is 7.80. The zero-order valence-electron chi connectivity index (χ0n) is 16.1. The van der Waals surface area contributed by atoms with Gasteiger partial charge in [0.15, 0.2) is 6.61 Å². The topological polar surface area (TPSA) is 66.5 Å². The Morgan fingerprint density at radius 3 is 2.28 bits per heavy atom. The number of carbonyl (C=O) groups excluding carboxylic acids is 1. The Hall–Kier alpha value is -3.38. The first-order valence-corrected chi connectivity index (χ1v) is 9.39. The lowest BCUT2D eigenvalue weighted by Gasteiger charge is -2.21. The van der Waals surface area contributed by atoms with Crippen molar-refractivity contribution in [3.05, 3.63) is 70.6 Å². The van der Waals surface area contributed by atoms with E-state index in [0.717, 1.165) is 36.4 Å². The molecule has 5 nitrogen and oxygen atoms in total. The van der Waals surface area contributed by atoms with Crippen molar-refractivity contribution in [3.8, 4) is 11.8 Å².